The van der Waals surface area contributed by atoms with Crippen molar-refractivity contribution in [2.75, 3.05) is 18.0 Å². The lowest BCUT2D eigenvalue weighted by Crippen LogP contribution is -2.23. The Bertz CT molecular complexity index is 368. The zero-order chi connectivity index (χ0) is 10.8. The van der Waals surface area contributed by atoms with E-state index in [-0.39, 0.29) is 5.92 Å². The minimum atomic E-state index is -0.751. The lowest BCUT2D eigenvalue weighted by Gasteiger charge is -2.15. The third-order valence-electron chi connectivity index (χ3n) is 2.47. The predicted octanol–water partition coefficient (Wildman–Crippen LogP) is 1.04. The van der Waals surface area contributed by atoms with Gasteiger partial charge in [-0.15, -0.1) is 0 Å². The molecule has 0 aromatic carbocycles. The highest BCUT2D eigenvalue weighted by Crippen LogP contribution is 2.21. The van der Waals surface area contributed by atoms with Crippen LogP contribution in [0.1, 0.15) is 6.42 Å². The van der Waals surface area contributed by atoms with Crippen molar-refractivity contribution in [3.63, 3.8) is 0 Å². The normalized spacial score (nSPS) is 20.6. The van der Waals surface area contributed by atoms with E-state index in [2.05, 4.69) is 9.97 Å². The SMILES string of the molecule is O=C(O)C1CCN(c2cnc(Cl)cn2)C1. The third-order valence-corrected chi connectivity index (χ3v) is 2.66. The fraction of sp³-hybridized carbons (Fsp3) is 0.444. The Balaban J connectivity index is 2.07. The van der Waals surface area contributed by atoms with E-state index in [9.17, 15) is 4.79 Å². The lowest BCUT2D eigenvalue weighted by molar-refractivity contribution is -0.140. The van der Waals surface area contributed by atoms with Gasteiger partial charge in [0.2, 0.25) is 0 Å². The van der Waals surface area contributed by atoms with Gasteiger partial charge in [0.05, 0.1) is 18.3 Å². The van der Waals surface area contributed by atoms with Crippen LogP contribution in [-0.2, 0) is 4.79 Å². The summed E-state index contributed by atoms with van der Waals surface area (Å²) >= 11 is 5.61. The van der Waals surface area contributed by atoms with Crippen molar-refractivity contribution in [3.05, 3.63) is 17.5 Å². The molecule has 0 spiro atoms. The molecule has 1 aliphatic rings. The van der Waals surface area contributed by atoms with Gasteiger partial charge in [0.25, 0.3) is 0 Å². The van der Waals surface area contributed by atoms with Gasteiger partial charge in [-0.2, -0.15) is 0 Å². The summed E-state index contributed by atoms with van der Waals surface area (Å²) in [7, 11) is 0. The van der Waals surface area contributed by atoms with Crippen LogP contribution in [0.15, 0.2) is 12.4 Å². The van der Waals surface area contributed by atoms with Crippen LogP contribution in [0, 0.1) is 5.92 Å². The van der Waals surface area contributed by atoms with Crippen LogP contribution in [0.5, 0.6) is 0 Å². The molecule has 0 radical (unpaired) electrons. The molecule has 1 aromatic heterocycles. The summed E-state index contributed by atoms with van der Waals surface area (Å²) < 4.78 is 0. The largest absolute Gasteiger partial charge is 0.481 e. The van der Waals surface area contributed by atoms with Gasteiger partial charge in [0.15, 0.2) is 0 Å². The van der Waals surface area contributed by atoms with E-state index >= 15 is 0 Å². The second-order valence-corrected chi connectivity index (χ2v) is 3.85. The van der Waals surface area contributed by atoms with Crippen molar-refractivity contribution >= 4 is 23.4 Å². The highest BCUT2D eigenvalue weighted by molar-refractivity contribution is 6.29. The topological polar surface area (TPSA) is 66.3 Å². The van der Waals surface area contributed by atoms with Gasteiger partial charge < -0.3 is 10.0 Å². The molecule has 0 amide bonds. The molecular weight excluding hydrogens is 218 g/mol. The molecule has 15 heavy (non-hydrogen) atoms. The van der Waals surface area contributed by atoms with Crippen LogP contribution in [0.4, 0.5) is 5.82 Å². The number of carboxylic acid groups (broad SMARTS) is 1. The van der Waals surface area contributed by atoms with Crippen LogP contribution in [0.25, 0.3) is 0 Å². The molecule has 6 heteroatoms. The minimum Gasteiger partial charge on any atom is -0.481 e. The quantitative estimate of drug-likeness (QED) is 0.818. The smallest absolute Gasteiger partial charge is 0.308 e. The summed E-state index contributed by atoms with van der Waals surface area (Å²) in [5, 5.41) is 9.18. The first kappa shape index (κ1) is 10.2. The van der Waals surface area contributed by atoms with Gasteiger partial charge in [-0.05, 0) is 6.42 Å². The maximum atomic E-state index is 10.7. The maximum absolute atomic E-state index is 10.7. The molecule has 1 fully saturated rings. The van der Waals surface area contributed by atoms with Crippen LogP contribution >= 0.6 is 11.6 Å². The molecule has 1 N–H and O–H groups in total. The van der Waals surface area contributed by atoms with Crippen molar-refractivity contribution in [2.45, 2.75) is 6.42 Å². The summed E-state index contributed by atoms with van der Waals surface area (Å²) in [6.45, 7) is 1.19. The summed E-state index contributed by atoms with van der Waals surface area (Å²) in [6.07, 6.45) is 3.68. The fourth-order valence-electron chi connectivity index (χ4n) is 1.64. The number of hydrogen-bond acceptors (Lipinski definition) is 4. The molecular formula is C9H10ClN3O2. The monoisotopic (exact) mass is 227 g/mol. The average Bonchev–Trinajstić information content (AvgIpc) is 2.68. The van der Waals surface area contributed by atoms with E-state index in [0.29, 0.717) is 30.5 Å². The number of nitrogens with zero attached hydrogens (tertiary/aromatic N) is 3. The highest BCUT2D eigenvalue weighted by atomic mass is 35.5. The van der Waals surface area contributed by atoms with E-state index in [4.69, 9.17) is 16.7 Å². The van der Waals surface area contributed by atoms with Gasteiger partial charge in [-0.25, -0.2) is 9.97 Å². The summed E-state index contributed by atoms with van der Waals surface area (Å²) in [6, 6.07) is 0. The number of halogens is 1. The van der Waals surface area contributed by atoms with Crippen molar-refractivity contribution in [3.8, 4) is 0 Å². The van der Waals surface area contributed by atoms with Crippen molar-refractivity contribution in [1.29, 1.82) is 0 Å². The van der Waals surface area contributed by atoms with Gasteiger partial charge in [0, 0.05) is 13.1 Å². The molecule has 2 heterocycles. The van der Waals surface area contributed by atoms with Gasteiger partial charge in [-0.1, -0.05) is 11.6 Å². The first-order valence-corrected chi connectivity index (χ1v) is 5.00. The van der Waals surface area contributed by atoms with Crippen LogP contribution in [0.3, 0.4) is 0 Å². The number of hydrogen-bond donors (Lipinski definition) is 1. The zero-order valence-corrected chi connectivity index (χ0v) is 8.68. The number of rotatable bonds is 2. The molecule has 1 aliphatic heterocycles. The molecule has 0 saturated carbocycles. The number of aromatic nitrogens is 2. The Kier molecular flexibility index (Phi) is 2.73. The van der Waals surface area contributed by atoms with Crippen molar-refractivity contribution in [2.24, 2.45) is 5.92 Å². The molecule has 80 valence electrons. The Morgan fingerprint density at radius 1 is 1.53 bits per heavy atom. The van der Waals surface area contributed by atoms with Crippen LogP contribution < -0.4 is 4.90 Å². The molecule has 1 unspecified atom stereocenters. The summed E-state index contributed by atoms with van der Waals surface area (Å²) in [4.78, 5) is 20.7. The number of aliphatic carboxylic acids is 1. The zero-order valence-electron chi connectivity index (χ0n) is 7.93. The van der Waals surface area contributed by atoms with Crippen molar-refractivity contribution < 1.29 is 9.90 Å². The highest BCUT2D eigenvalue weighted by Gasteiger charge is 2.28. The Morgan fingerprint density at radius 2 is 2.33 bits per heavy atom. The minimum absolute atomic E-state index is 0.303. The maximum Gasteiger partial charge on any atom is 0.308 e. The third kappa shape index (κ3) is 2.18. The Hall–Kier alpha value is -1.36. The molecule has 0 bridgehead atoms. The Labute approximate surface area is 91.7 Å². The summed E-state index contributed by atoms with van der Waals surface area (Å²) in [5.41, 5.74) is 0. The number of anilines is 1. The van der Waals surface area contributed by atoms with Gasteiger partial charge in [0.1, 0.15) is 11.0 Å². The molecule has 5 nitrogen and oxygen atoms in total. The molecule has 0 aliphatic carbocycles. The second kappa shape index (κ2) is 4.02. The predicted molar refractivity (Wildman–Crippen MR) is 55.0 cm³/mol. The van der Waals surface area contributed by atoms with Gasteiger partial charge >= 0.3 is 5.97 Å². The Morgan fingerprint density at radius 3 is 2.87 bits per heavy atom. The second-order valence-electron chi connectivity index (χ2n) is 3.47. The lowest BCUT2D eigenvalue weighted by atomic mass is 10.1. The standard InChI is InChI=1S/C9H10ClN3O2/c10-7-3-12-8(4-11-7)13-2-1-6(5-13)9(14)15/h3-4,6H,1-2,5H2,(H,14,15). The molecule has 1 atom stereocenters. The average molecular weight is 228 g/mol. The molecule has 1 saturated heterocycles. The molecule has 2 rings (SSSR count). The fourth-order valence-corrected chi connectivity index (χ4v) is 1.74. The van der Waals surface area contributed by atoms with E-state index in [1.807, 2.05) is 4.90 Å². The van der Waals surface area contributed by atoms with E-state index < -0.39 is 5.97 Å². The van der Waals surface area contributed by atoms with Crippen LogP contribution in [-0.4, -0.2) is 34.1 Å². The molecule has 1 aromatic rings. The van der Waals surface area contributed by atoms with Crippen molar-refractivity contribution in [1.82, 2.24) is 9.97 Å². The van der Waals surface area contributed by atoms with Gasteiger partial charge in [-0.3, -0.25) is 4.79 Å². The number of carboxylic acids is 1. The van der Waals surface area contributed by atoms with Crippen LogP contribution in [0.2, 0.25) is 5.15 Å². The van der Waals surface area contributed by atoms with E-state index in [0.717, 1.165) is 0 Å². The summed E-state index contributed by atoms with van der Waals surface area (Å²) in [5.74, 6) is -0.370. The number of carbonyl (C=O) groups is 1. The van der Waals surface area contributed by atoms with E-state index in [1.165, 1.54) is 6.20 Å². The first-order chi connectivity index (χ1) is 7.16. The first-order valence-electron chi connectivity index (χ1n) is 4.62. The van der Waals surface area contributed by atoms with E-state index in [1.54, 1.807) is 6.20 Å².